The van der Waals surface area contributed by atoms with E-state index in [2.05, 4.69) is 10.0 Å². The molecule has 0 bridgehead atoms. The van der Waals surface area contributed by atoms with Gasteiger partial charge in [0.1, 0.15) is 10.7 Å². The lowest BCUT2D eigenvalue weighted by Gasteiger charge is -2.10. The summed E-state index contributed by atoms with van der Waals surface area (Å²) in [6.07, 6.45) is 2.29. The van der Waals surface area contributed by atoms with Crippen molar-refractivity contribution in [2.45, 2.75) is 30.3 Å². The van der Waals surface area contributed by atoms with Gasteiger partial charge in [0.2, 0.25) is 10.0 Å². The van der Waals surface area contributed by atoms with Crippen LogP contribution in [0, 0.1) is 5.82 Å². The van der Waals surface area contributed by atoms with Gasteiger partial charge in [-0.25, -0.2) is 17.5 Å². The van der Waals surface area contributed by atoms with Gasteiger partial charge >= 0.3 is 0 Å². The molecule has 2 rings (SSSR count). The van der Waals surface area contributed by atoms with E-state index in [-0.39, 0.29) is 18.0 Å². The quantitative estimate of drug-likeness (QED) is 0.703. The molecule has 0 aromatic heterocycles. The topological polar surface area (TPSA) is 67.4 Å². The third-order valence-corrected chi connectivity index (χ3v) is 4.53. The van der Waals surface area contributed by atoms with Crippen LogP contribution in [0.2, 0.25) is 0 Å². The van der Waals surface area contributed by atoms with E-state index in [1.54, 1.807) is 6.07 Å². The van der Waals surface area contributed by atoms with Gasteiger partial charge in [0.25, 0.3) is 0 Å². The van der Waals surface area contributed by atoms with Crippen LogP contribution in [-0.2, 0) is 21.3 Å². The summed E-state index contributed by atoms with van der Waals surface area (Å²) in [5.41, 5.74) is 0.755. The van der Waals surface area contributed by atoms with E-state index >= 15 is 0 Å². The molecule has 0 unspecified atom stereocenters. The monoisotopic (exact) mass is 302 g/mol. The Labute approximate surface area is 118 Å². The molecular formula is C13H19FN2O3S. The minimum atomic E-state index is -3.84. The van der Waals surface area contributed by atoms with E-state index < -0.39 is 15.8 Å². The minimum absolute atomic E-state index is 0.114. The molecule has 1 aromatic rings. The molecule has 2 N–H and O–H groups in total. The standard InChI is InChI=1S/C13H19FN2O3S/c1-19-7-6-16-20(17,18)13-8-10(2-5-12(13)14)9-15-11-3-4-11/h2,5,8,11,15-16H,3-4,6-7,9H2,1H3. The van der Waals surface area contributed by atoms with E-state index in [4.69, 9.17) is 4.74 Å². The maximum absolute atomic E-state index is 13.7. The molecular weight excluding hydrogens is 283 g/mol. The summed E-state index contributed by atoms with van der Waals surface area (Å²) in [6.45, 7) is 0.901. The summed E-state index contributed by atoms with van der Waals surface area (Å²) >= 11 is 0. The van der Waals surface area contributed by atoms with Crippen LogP contribution >= 0.6 is 0 Å². The number of ether oxygens (including phenoxy) is 1. The predicted molar refractivity (Wildman–Crippen MR) is 73.3 cm³/mol. The Bertz CT molecular complexity index is 559. The van der Waals surface area contributed by atoms with Gasteiger partial charge in [0, 0.05) is 26.2 Å². The van der Waals surface area contributed by atoms with Crippen molar-refractivity contribution >= 4 is 10.0 Å². The van der Waals surface area contributed by atoms with Crippen molar-refractivity contribution in [1.29, 1.82) is 0 Å². The molecule has 20 heavy (non-hydrogen) atoms. The minimum Gasteiger partial charge on any atom is -0.383 e. The third kappa shape index (κ3) is 4.24. The highest BCUT2D eigenvalue weighted by Gasteiger charge is 2.22. The lowest BCUT2D eigenvalue weighted by molar-refractivity contribution is 0.204. The lowest BCUT2D eigenvalue weighted by atomic mass is 10.2. The molecule has 1 fully saturated rings. The molecule has 1 aliphatic carbocycles. The third-order valence-electron chi connectivity index (χ3n) is 3.06. The number of hydrogen-bond donors (Lipinski definition) is 2. The number of nitrogens with one attached hydrogen (secondary N) is 2. The van der Waals surface area contributed by atoms with E-state index in [1.165, 1.54) is 19.2 Å². The maximum atomic E-state index is 13.7. The predicted octanol–water partition coefficient (Wildman–Crippen LogP) is 1.00. The second-order valence-electron chi connectivity index (χ2n) is 4.81. The van der Waals surface area contributed by atoms with Crippen molar-refractivity contribution in [3.63, 3.8) is 0 Å². The molecule has 0 spiro atoms. The SMILES string of the molecule is COCCNS(=O)(=O)c1cc(CNC2CC2)ccc1F. The van der Waals surface area contributed by atoms with E-state index in [1.807, 2.05) is 0 Å². The highest BCUT2D eigenvalue weighted by atomic mass is 32.2. The van der Waals surface area contributed by atoms with Gasteiger partial charge in [0.05, 0.1) is 6.61 Å². The molecule has 1 saturated carbocycles. The number of halogens is 1. The summed E-state index contributed by atoms with van der Waals surface area (Å²) in [5, 5.41) is 3.27. The fourth-order valence-electron chi connectivity index (χ4n) is 1.77. The Kier molecular flexibility index (Phi) is 5.09. The van der Waals surface area contributed by atoms with Gasteiger partial charge in [-0.15, -0.1) is 0 Å². The number of benzene rings is 1. The summed E-state index contributed by atoms with van der Waals surface area (Å²) in [4.78, 5) is -0.316. The normalized spacial score (nSPS) is 15.5. The largest absolute Gasteiger partial charge is 0.383 e. The molecule has 0 saturated heterocycles. The zero-order valence-corrected chi connectivity index (χ0v) is 12.2. The summed E-state index contributed by atoms with van der Waals surface area (Å²) in [7, 11) is -2.37. The maximum Gasteiger partial charge on any atom is 0.243 e. The Morgan fingerprint density at radius 1 is 1.40 bits per heavy atom. The van der Waals surface area contributed by atoms with Crippen LogP contribution < -0.4 is 10.0 Å². The first kappa shape index (κ1) is 15.4. The second-order valence-corrected chi connectivity index (χ2v) is 6.55. The van der Waals surface area contributed by atoms with Crippen molar-refractivity contribution in [2.75, 3.05) is 20.3 Å². The Hall–Kier alpha value is -1.02. The Balaban J connectivity index is 2.09. The van der Waals surface area contributed by atoms with Gasteiger partial charge in [-0.1, -0.05) is 6.07 Å². The molecule has 112 valence electrons. The van der Waals surface area contributed by atoms with Gasteiger partial charge in [-0.2, -0.15) is 0 Å². The second kappa shape index (κ2) is 6.62. The average Bonchev–Trinajstić information content (AvgIpc) is 3.22. The number of methoxy groups -OCH3 is 1. The summed E-state index contributed by atoms with van der Waals surface area (Å²) in [6, 6.07) is 4.67. The van der Waals surface area contributed by atoms with Crippen LogP contribution in [0.25, 0.3) is 0 Å². The van der Waals surface area contributed by atoms with Crippen molar-refractivity contribution in [2.24, 2.45) is 0 Å². The van der Waals surface area contributed by atoms with Gasteiger partial charge in [-0.05, 0) is 30.5 Å². The summed E-state index contributed by atoms with van der Waals surface area (Å²) in [5.74, 6) is -0.745. The van der Waals surface area contributed by atoms with Gasteiger partial charge < -0.3 is 10.1 Å². The fraction of sp³-hybridized carbons (Fsp3) is 0.538. The number of rotatable bonds is 8. The van der Waals surface area contributed by atoms with E-state index in [9.17, 15) is 12.8 Å². The molecule has 0 radical (unpaired) electrons. The lowest BCUT2D eigenvalue weighted by Crippen LogP contribution is -2.28. The number of hydrogen-bond acceptors (Lipinski definition) is 4. The highest BCUT2D eigenvalue weighted by Crippen LogP contribution is 2.20. The van der Waals surface area contributed by atoms with Crippen LogP contribution in [0.4, 0.5) is 4.39 Å². The Morgan fingerprint density at radius 2 is 2.15 bits per heavy atom. The van der Waals surface area contributed by atoms with E-state index in [0.717, 1.165) is 18.4 Å². The first-order chi connectivity index (χ1) is 9.53. The van der Waals surface area contributed by atoms with Crippen molar-refractivity contribution in [3.8, 4) is 0 Å². The molecule has 1 aliphatic rings. The van der Waals surface area contributed by atoms with Crippen molar-refractivity contribution in [1.82, 2.24) is 10.0 Å². The summed E-state index contributed by atoms with van der Waals surface area (Å²) < 4.78 is 44.8. The van der Waals surface area contributed by atoms with E-state index in [0.29, 0.717) is 12.6 Å². The molecule has 0 atom stereocenters. The Morgan fingerprint density at radius 3 is 2.80 bits per heavy atom. The van der Waals surface area contributed by atoms with Gasteiger partial charge in [-0.3, -0.25) is 0 Å². The molecule has 7 heteroatoms. The fourth-order valence-corrected chi connectivity index (χ4v) is 2.91. The van der Waals surface area contributed by atoms with Crippen LogP contribution in [0.1, 0.15) is 18.4 Å². The first-order valence-electron chi connectivity index (χ1n) is 6.53. The molecule has 0 aliphatic heterocycles. The van der Waals surface area contributed by atoms with Crippen molar-refractivity contribution in [3.05, 3.63) is 29.6 Å². The average molecular weight is 302 g/mol. The van der Waals surface area contributed by atoms with Crippen molar-refractivity contribution < 1.29 is 17.5 Å². The smallest absolute Gasteiger partial charge is 0.243 e. The zero-order chi connectivity index (χ0) is 14.6. The van der Waals surface area contributed by atoms with Crippen LogP contribution in [-0.4, -0.2) is 34.7 Å². The number of sulfonamides is 1. The first-order valence-corrected chi connectivity index (χ1v) is 8.01. The van der Waals surface area contributed by atoms with Crippen LogP contribution in [0.15, 0.2) is 23.1 Å². The molecule has 1 aromatic carbocycles. The molecule has 5 nitrogen and oxygen atoms in total. The van der Waals surface area contributed by atoms with Crippen LogP contribution in [0.5, 0.6) is 0 Å². The molecule has 0 heterocycles. The van der Waals surface area contributed by atoms with Gasteiger partial charge in [0.15, 0.2) is 0 Å². The van der Waals surface area contributed by atoms with Crippen LogP contribution in [0.3, 0.4) is 0 Å². The molecule has 0 amide bonds. The highest BCUT2D eigenvalue weighted by molar-refractivity contribution is 7.89. The zero-order valence-electron chi connectivity index (χ0n) is 11.4.